The van der Waals surface area contributed by atoms with E-state index in [1.165, 1.54) is 4.90 Å². The number of rotatable bonds is 9. The molecule has 1 N–H and O–H groups in total. The van der Waals surface area contributed by atoms with Crippen LogP contribution in [0, 0.1) is 13.8 Å². The number of nitrogens with one attached hydrogen (secondary N) is 1. The molecule has 0 bridgehead atoms. The number of hydrogen-bond donors (Lipinski definition) is 1. The third-order valence-corrected chi connectivity index (χ3v) is 7.45. The van der Waals surface area contributed by atoms with Crippen molar-refractivity contribution in [2.24, 2.45) is 0 Å². The van der Waals surface area contributed by atoms with Crippen LogP contribution < -0.4 is 19.7 Å². The number of anilines is 2. The number of hydrogen-bond acceptors (Lipinski definition) is 5. The third kappa shape index (κ3) is 5.76. The van der Waals surface area contributed by atoms with Gasteiger partial charge in [0.1, 0.15) is 6.04 Å². The van der Waals surface area contributed by atoms with Crippen molar-refractivity contribution in [1.82, 2.24) is 4.90 Å². The average molecular weight is 552 g/mol. The Morgan fingerprint density at radius 2 is 1.74 bits per heavy atom. The number of amides is 2. The largest absolute Gasteiger partial charge is 0.493 e. The molecule has 9 heteroatoms. The number of carbonyl (C=O) groups excluding carboxylic acids is 2. The van der Waals surface area contributed by atoms with Gasteiger partial charge in [0.05, 0.1) is 26.3 Å². The van der Waals surface area contributed by atoms with Crippen LogP contribution >= 0.6 is 23.8 Å². The van der Waals surface area contributed by atoms with Gasteiger partial charge in [-0.2, -0.15) is 0 Å². The SMILES string of the molecule is COc1ccc(CCN2C(=S)N(c3ccc(C)cc3)C(=O)[C@@H]2CC(=O)Nc2cccc(Cl)c2C)cc1OC. The Bertz CT molecular complexity index is 1360. The summed E-state index contributed by atoms with van der Waals surface area (Å²) >= 11 is 12.0. The molecule has 0 radical (unpaired) electrons. The summed E-state index contributed by atoms with van der Waals surface area (Å²) in [5.74, 6) is 0.737. The van der Waals surface area contributed by atoms with E-state index in [1.54, 1.807) is 32.4 Å². The topological polar surface area (TPSA) is 71.1 Å². The molecule has 0 saturated carbocycles. The molecule has 38 heavy (non-hydrogen) atoms. The summed E-state index contributed by atoms with van der Waals surface area (Å²) in [4.78, 5) is 30.1. The van der Waals surface area contributed by atoms with Gasteiger partial charge in [0.15, 0.2) is 16.6 Å². The van der Waals surface area contributed by atoms with Crippen molar-refractivity contribution in [3.05, 3.63) is 82.4 Å². The van der Waals surface area contributed by atoms with Crippen LogP contribution in [0.25, 0.3) is 0 Å². The Morgan fingerprint density at radius 3 is 2.42 bits per heavy atom. The van der Waals surface area contributed by atoms with Gasteiger partial charge >= 0.3 is 0 Å². The van der Waals surface area contributed by atoms with E-state index in [0.29, 0.717) is 46.0 Å². The Balaban J connectivity index is 1.58. The van der Waals surface area contributed by atoms with E-state index >= 15 is 0 Å². The predicted octanol–water partition coefficient (Wildman–Crippen LogP) is 5.55. The molecule has 1 aliphatic heterocycles. The van der Waals surface area contributed by atoms with Gasteiger partial charge in [-0.1, -0.05) is 41.4 Å². The highest BCUT2D eigenvalue weighted by Gasteiger charge is 2.44. The molecule has 0 spiro atoms. The predicted molar refractivity (Wildman–Crippen MR) is 154 cm³/mol. The quantitative estimate of drug-likeness (QED) is 0.352. The Kier molecular flexibility index (Phi) is 8.54. The maximum atomic E-state index is 13.7. The van der Waals surface area contributed by atoms with Crippen molar-refractivity contribution in [1.29, 1.82) is 0 Å². The second-order valence-corrected chi connectivity index (χ2v) is 9.88. The standard InChI is InChI=1S/C29H30ClN3O4S/c1-18-8-11-21(12-9-18)33-28(35)24(17-27(34)31-23-7-5-6-22(30)19(23)2)32(29(33)38)15-14-20-10-13-25(36-3)26(16-20)37-4/h5-13,16,24H,14-15,17H2,1-4H3,(H,31,34)/t24-/m0/s1. The van der Waals surface area contributed by atoms with Gasteiger partial charge in [-0.3, -0.25) is 14.5 Å². The molecule has 198 valence electrons. The molecule has 1 heterocycles. The number of methoxy groups -OCH3 is 2. The summed E-state index contributed by atoms with van der Waals surface area (Å²) in [5.41, 5.74) is 4.12. The first-order valence-corrected chi connectivity index (χ1v) is 13.0. The van der Waals surface area contributed by atoms with Gasteiger partial charge in [0.2, 0.25) is 5.91 Å². The van der Waals surface area contributed by atoms with Gasteiger partial charge < -0.3 is 19.7 Å². The summed E-state index contributed by atoms with van der Waals surface area (Å²) in [6.45, 7) is 4.26. The summed E-state index contributed by atoms with van der Waals surface area (Å²) in [6.07, 6.45) is 0.528. The first-order valence-electron chi connectivity index (χ1n) is 12.2. The second-order valence-electron chi connectivity index (χ2n) is 9.10. The Labute approximate surface area is 233 Å². The highest BCUT2D eigenvalue weighted by atomic mass is 35.5. The van der Waals surface area contributed by atoms with Crippen molar-refractivity contribution in [3.63, 3.8) is 0 Å². The molecular weight excluding hydrogens is 522 g/mol. The van der Waals surface area contributed by atoms with Crippen molar-refractivity contribution >= 4 is 52.1 Å². The van der Waals surface area contributed by atoms with Gasteiger partial charge in [-0.25, -0.2) is 0 Å². The number of nitrogens with zero attached hydrogens (tertiary/aromatic N) is 2. The van der Waals surface area contributed by atoms with Crippen LogP contribution in [0.4, 0.5) is 11.4 Å². The summed E-state index contributed by atoms with van der Waals surface area (Å²) in [7, 11) is 3.18. The minimum Gasteiger partial charge on any atom is -0.493 e. The normalized spacial score (nSPS) is 15.1. The van der Waals surface area contributed by atoms with Crippen LogP contribution in [0.15, 0.2) is 60.7 Å². The molecule has 4 rings (SSSR count). The second kappa shape index (κ2) is 11.8. The minimum atomic E-state index is -0.747. The zero-order valence-electron chi connectivity index (χ0n) is 21.8. The number of benzene rings is 3. The summed E-state index contributed by atoms with van der Waals surface area (Å²) in [5, 5.41) is 3.83. The van der Waals surface area contributed by atoms with Crippen LogP contribution in [0.5, 0.6) is 11.5 Å². The van der Waals surface area contributed by atoms with Crippen LogP contribution in [-0.2, 0) is 16.0 Å². The molecule has 7 nitrogen and oxygen atoms in total. The number of thiocarbonyl (C=S) groups is 1. The van der Waals surface area contributed by atoms with E-state index in [0.717, 1.165) is 16.7 Å². The fraction of sp³-hybridized carbons (Fsp3) is 0.276. The molecule has 2 amide bonds. The zero-order valence-corrected chi connectivity index (χ0v) is 23.4. The van der Waals surface area contributed by atoms with Crippen molar-refractivity contribution < 1.29 is 19.1 Å². The Morgan fingerprint density at radius 1 is 1.03 bits per heavy atom. The molecule has 0 aromatic heterocycles. The minimum absolute atomic E-state index is 0.0563. The number of ether oxygens (including phenoxy) is 2. The van der Waals surface area contributed by atoms with Crippen molar-refractivity contribution in [2.45, 2.75) is 32.7 Å². The first kappa shape index (κ1) is 27.4. The molecular formula is C29H30ClN3O4S. The molecule has 1 saturated heterocycles. The van der Waals surface area contributed by atoms with Crippen molar-refractivity contribution in [2.75, 3.05) is 31.0 Å². The van der Waals surface area contributed by atoms with Gasteiger partial charge in [-0.05, 0) is 80.0 Å². The molecule has 0 unspecified atom stereocenters. The maximum absolute atomic E-state index is 13.7. The lowest BCUT2D eigenvalue weighted by Gasteiger charge is -2.24. The van der Waals surface area contributed by atoms with Crippen LogP contribution in [0.3, 0.4) is 0 Å². The zero-order chi connectivity index (χ0) is 27.4. The molecule has 3 aromatic carbocycles. The van der Waals surface area contributed by atoms with E-state index in [9.17, 15) is 9.59 Å². The van der Waals surface area contributed by atoms with E-state index in [2.05, 4.69) is 5.32 Å². The van der Waals surface area contributed by atoms with E-state index in [-0.39, 0.29) is 18.2 Å². The fourth-order valence-electron chi connectivity index (χ4n) is 4.42. The maximum Gasteiger partial charge on any atom is 0.256 e. The molecule has 1 fully saturated rings. The lowest BCUT2D eigenvalue weighted by atomic mass is 10.1. The lowest BCUT2D eigenvalue weighted by Crippen LogP contribution is -2.39. The monoisotopic (exact) mass is 551 g/mol. The summed E-state index contributed by atoms with van der Waals surface area (Å²) in [6, 6.07) is 17.9. The number of aryl methyl sites for hydroxylation is 1. The van der Waals surface area contributed by atoms with E-state index in [4.69, 9.17) is 33.3 Å². The Hall–Kier alpha value is -3.62. The van der Waals surface area contributed by atoms with Gasteiger partial charge in [-0.15, -0.1) is 0 Å². The third-order valence-electron chi connectivity index (χ3n) is 6.62. The van der Waals surface area contributed by atoms with E-state index in [1.807, 2.05) is 61.2 Å². The van der Waals surface area contributed by atoms with E-state index < -0.39 is 6.04 Å². The molecule has 0 aliphatic carbocycles. The lowest BCUT2D eigenvalue weighted by molar-refractivity contribution is -0.124. The van der Waals surface area contributed by atoms with Crippen LogP contribution in [-0.4, -0.2) is 48.6 Å². The van der Waals surface area contributed by atoms with Crippen LogP contribution in [0.1, 0.15) is 23.1 Å². The highest BCUT2D eigenvalue weighted by Crippen LogP contribution is 2.31. The fourth-order valence-corrected chi connectivity index (χ4v) is 5.01. The smallest absolute Gasteiger partial charge is 0.256 e. The highest BCUT2D eigenvalue weighted by molar-refractivity contribution is 7.80. The summed E-state index contributed by atoms with van der Waals surface area (Å²) < 4.78 is 10.8. The molecule has 3 aromatic rings. The average Bonchev–Trinajstić information content (AvgIpc) is 3.14. The van der Waals surface area contributed by atoms with Gasteiger partial charge in [0.25, 0.3) is 5.91 Å². The number of carbonyl (C=O) groups is 2. The molecule has 1 atom stereocenters. The molecule has 1 aliphatic rings. The van der Waals surface area contributed by atoms with Crippen LogP contribution in [0.2, 0.25) is 5.02 Å². The number of halogens is 1. The first-order chi connectivity index (χ1) is 18.2. The van der Waals surface area contributed by atoms with Gasteiger partial charge in [0, 0.05) is 17.3 Å². The van der Waals surface area contributed by atoms with Crippen molar-refractivity contribution in [3.8, 4) is 11.5 Å².